The van der Waals surface area contributed by atoms with Gasteiger partial charge < -0.3 is 15.0 Å². The number of aromatic nitrogens is 5. The molecule has 0 saturated carbocycles. The molecule has 4 aromatic rings. The second kappa shape index (κ2) is 6.23. The lowest BCUT2D eigenvalue weighted by atomic mass is 10.2. The van der Waals surface area contributed by atoms with Crippen LogP contribution in [-0.2, 0) is 22.6 Å². The normalized spacial score (nSPS) is 11.1. The lowest BCUT2D eigenvalue weighted by Gasteiger charge is -2.05. The molecule has 0 aliphatic heterocycles. The van der Waals surface area contributed by atoms with Crippen LogP contribution in [0.5, 0.6) is 0 Å². The van der Waals surface area contributed by atoms with Gasteiger partial charge in [-0.1, -0.05) is 18.2 Å². The monoisotopic (exact) mass is 336 g/mol. The Labute approximate surface area is 142 Å². The van der Waals surface area contributed by atoms with Crippen molar-refractivity contribution in [2.45, 2.75) is 13.1 Å². The Morgan fingerprint density at radius 1 is 1.32 bits per heavy atom. The number of methoxy groups -OCH3 is 1. The third-order valence-electron chi connectivity index (χ3n) is 3.97. The molecule has 25 heavy (non-hydrogen) atoms. The van der Waals surface area contributed by atoms with Gasteiger partial charge >= 0.3 is 5.97 Å². The van der Waals surface area contributed by atoms with E-state index in [1.54, 1.807) is 6.20 Å². The van der Waals surface area contributed by atoms with Gasteiger partial charge in [-0.3, -0.25) is 4.79 Å². The Morgan fingerprint density at radius 2 is 2.20 bits per heavy atom. The van der Waals surface area contributed by atoms with E-state index in [9.17, 15) is 4.79 Å². The van der Waals surface area contributed by atoms with E-state index in [2.05, 4.69) is 42.2 Å². The molecule has 0 amide bonds. The number of hydrogen-bond donors (Lipinski definition) is 2. The first-order chi connectivity index (χ1) is 12.2. The SMILES string of the molecule is COC(=O)Cn1ncc2c(NCc3cc4ccccc4[nH]3)ncnc21. The minimum absolute atomic E-state index is 0.0124. The summed E-state index contributed by atoms with van der Waals surface area (Å²) in [5.74, 6) is 0.288. The van der Waals surface area contributed by atoms with Crippen LogP contribution in [0.1, 0.15) is 5.69 Å². The van der Waals surface area contributed by atoms with Crippen LogP contribution < -0.4 is 5.32 Å². The molecule has 0 unspecified atom stereocenters. The summed E-state index contributed by atoms with van der Waals surface area (Å²) in [6.07, 6.45) is 3.09. The zero-order valence-corrected chi connectivity index (χ0v) is 13.6. The Bertz CT molecular complexity index is 1020. The van der Waals surface area contributed by atoms with E-state index in [1.807, 2.05) is 18.2 Å². The van der Waals surface area contributed by atoms with E-state index in [-0.39, 0.29) is 12.5 Å². The van der Waals surface area contributed by atoms with Crippen LogP contribution >= 0.6 is 0 Å². The molecule has 8 heteroatoms. The maximum atomic E-state index is 11.5. The van der Waals surface area contributed by atoms with Crippen LogP contribution in [0.3, 0.4) is 0 Å². The number of nitrogens with one attached hydrogen (secondary N) is 2. The third kappa shape index (κ3) is 2.89. The highest BCUT2D eigenvalue weighted by molar-refractivity contribution is 5.87. The number of H-pyrrole nitrogens is 1. The number of carbonyl (C=O) groups is 1. The molecule has 4 rings (SSSR count). The van der Waals surface area contributed by atoms with Crippen molar-refractivity contribution < 1.29 is 9.53 Å². The summed E-state index contributed by atoms with van der Waals surface area (Å²) in [6, 6.07) is 10.2. The van der Waals surface area contributed by atoms with E-state index in [1.165, 1.54) is 18.1 Å². The molecule has 0 aliphatic rings. The number of para-hydroxylation sites is 1. The van der Waals surface area contributed by atoms with Crippen LogP contribution in [0, 0.1) is 0 Å². The molecular formula is C17H16N6O2. The smallest absolute Gasteiger partial charge is 0.327 e. The first-order valence-corrected chi connectivity index (χ1v) is 7.78. The van der Waals surface area contributed by atoms with Crippen LogP contribution in [0.2, 0.25) is 0 Å². The number of ether oxygens (including phenoxy) is 1. The largest absolute Gasteiger partial charge is 0.468 e. The van der Waals surface area contributed by atoms with E-state index in [4.69, 9.17) is 0 Å². The molecule has 126 valence electrons. The summed E-state index contributed by atoms with van der Waals surface area (Å²) >= 11 is 0. The molecular weight excluding hydrogens is 320 g/mol. The number of hydrogen-bond acceptors (Lipinski definition) is 6. The number of esters is 1. The molecule has 8 nitrogen and oxygen atoms in total. The fourth-order valence-corrected chi connectivity index (χ4v) is 2.74. The van der Waals surface area contributed by atoms with Crippen LogP contribution in [-0.4, -0.2) is 37.8 Å². The quantitative estimate of drug-likeness (QED) is 0.542. The lowest BCUT2D eigenvalue weighted by molar-refractivity contribution is -0.141. The van der Waals surface area contributed by atoms with Gasteiger partial charge in [0.15, 0.2) is 5.65 Å². The Kier molecular flexibility index (Phi) is 3.77. The zero-order valence-electron chi connectivity index (χ0n) is 13.6. The van der Waals surface area contributed by atoms with E-state index in [0.29, 0.717) is 18.0 Å². The predicted octanol–water partition coefficient (Wildman–Crippen LogP) is 2.09. The van der Waals surface area contributed by atoms with E-state index in [0.717, 1.165) is 22.0 Å². The topological polar surface area (TPSA) is 97.7 Å². The molecule has 0 bridgehead atoms. The van der Waals surface area contributed by atoms with Crippen molar-refractivity contribution in [1.82, 2.24) is 24.7 Å². The first kappa shape index (κ1) is 15.1. The van der Waals surface area contributed by atoms with Gasteiger partial charge in [0.25, 0.3) is 0 Å². The number of nitrogens with zero attached hydrogens (tertiary/aromatic N) is 4. The number of aromatic amines is 1. The van der Waals surface area contributed by atoms with Crippen LogP contribution in [0.25, 0.3) is 21.9 Å². The van der Waals surface area contributed by atoms with Crippen molar-refractivity contribution in [3.63, 3.8) is 0 Å². The van der Waals surface area contributed by atoms with Crippen molar-refractivity contribution in [1.29, 1.82) is 0 Å². The summed E-state index contributed by atoms with van der Waals surface area (Å²) in [7, 11) is 1.34. The zero-order chi connectivity index (χ0) is 17.2. The maximum absolute atomic E-state index is 11.5. The second-order valence-corrected chi connectivity index (χ2v) is 5.57. The van der Waals surface area contributed by atoms with Crippen molar-refractivity contribution in [3.05, 3.63) is 48.5 Å². The Balaban J connectivity index is 1.57. The summed E-state index contributed by atoms with van der Waals surface area (Å²) in [5, 5.41) is 9.41. The number of carbonyl (C=O) groups excluding carboxylic acids is 1. The van der Waals surface area contributed by atoms with Crippen LogP contribution in [0.15, 0.2) is 42.9 Å². The maximum Gasteiger partial charge on any atom is 0.327 e. The van der Waals surface area contributed by atoms with Crippen LogP contribution in [0.4, 0.5) is 5.82 Å². The van der Waals surface area contributed by atoms with E-state index < -0.39 is 0 Å². The molecule has 0 aliphatic carbocycles. The second-order valence-electron chi connectivity index (χ2n) is 5.57. The molecule has 3 heterocycles. The van der Waals surface area contributed by atoms with Gasteiger partial charge in [0.05, 0.1) is 25.2 Å². The van der Waals surface area contributed by atoms with Gasteiger partial charge in [-0.05, 0) is 17.5 Å². The lowest BCUT2D eigenvalue weighted by Crippen LogP contribution is -2.13. The van der Waals surface area contributed by atoms with Crippen molar-refractivity contribution in [3.8, 4) is 0 Å². The summed E-state index contributed by atoms with van der Waals surface area (Å²) < 4.78 is 6.17. The number of benzene rings is 1. The fourth-order valence-electron chi connectivity index (χ4n) is 2.74. The highest BCUT2D eigenvalue weighted by atomic mass is 16.5. The third-order valence-corrected chi connectivity index (χ3v) is 3.97. The van der Waals surface area contributed by atoms with Crippen molar-refractivity contribution in [2.75, 3.05) is 12.4 Å². The molecule has 3 aromatic heterocycles. The highest BCUT2D eigenvalue weighted by Gasteiger charge is 2.12. The fraction of sp³-hybridized carbons (Fsp3) is 0.176. The average Bonchev–Trinajstić information content (AvgIpc) is 3.24. The summed E-state index contributed by atoms with van der Waals surface area (Å²) in [5.41, 5.74) is 2.73. The molecule has 0 saturated heterocycles. The van der Waals surface area contributed by atoms with Gasteiger partial charge in [0, 0.05) is 11.2 Å². The predicted molar refractivity (Wildman–Crippen MR) is 93.0 cm³/mol. The molecule has 2 N–H and O–H groups in total. The van der Waals surface area contributed by atoms with Gasteiger partial charge in [0.2, 0.25) is 0 Å². The van der Waals surface area contributed by atoms with Crippen molar-refractivity contribution in [2.24, 2.45) is 0 Å². The standard InChI is InChI=1S/C17H16N6O2/c1-25-15(24)9-23-17-13(8-21-23)16(19-10-20-17)18-7-12-6-11-4-2-3-5-14(11)22-12/h2-6,8,10,22H,7,9H2,1H3,(H,18,19,20). The summed E-state index contributed by atoms with van der Waals surface area (Å²) in [6.45, 7) is 0.599. The highest BCUT2D eigenvalue weighted by Crippen LogP contribution is 2.20. The minimum Gasteiger partial charge on any atom is -0.468 e. The molecule has 0 atom stereocenters. The minimum atomic E-state index is -0.379. The molecule has 0 fully saturated rings. The summed E-state index contributed by atoms with van der Waals surface area (Å²) in [4.78, 5) is 23.3. The Hall–Kier alpha value is -3.42. The van der Waals surface area contributed by atoms with Gasteiger partial charge in [-0.25, -0.2) is 14.6 Å². The number of rotatable bonds is 5. The van der Waals surface area contributed by atoms with Crippen molar-refractivity contribution >= 4 is 33.7 Å². The average molecular weight is 336 g/mol. The van der Waals surface area contributed by atoms with Gasteiger partial charge in [-0.15, -0.1) is 0 Å². The molecule has 1 aromatic carbocycles. The number of anilines is 1. The molecule has 0 spiro atoms. The first-order valence-electron chi connectivity index (χ1n) is 7.78. The number of fused-ring (bicyclic) bond motifs is 2. The molecule has 0 radical (unpaired) electrons. The Morgan fingerprint density at radius 3 is 3.04 bits per heavy atom. The van der Waals surface area contributed by atoms with Gasteiger partial charge in [-0.2, -0.15) is 5.10 Å². The van der Waals surface area contributed by atoms with E-state index >= 15 is 0 Å². The van der Waals surface area contributed by atoms with Gasteiger partial charge in [0.1, 0.15) is 18.7 Å².